The molecule has 2 amide bonds. The first kappa shape index (κ1) is 24.0. The number of benzene rings is 2. The molecule has 0 aromatic heterocycles. The van der Waals surface area contributed by atoms with Gasteiger partial charge in [0.25, 0.3) is 0 Å². The second-order valence-corrected chi connectivity index (χ2v) is 8.47. The molecule has 0 unspecified atom stereocenters. The molecule has 2 aromatic carbocycles. The Morgan fingerprint density at radius 2 is 1.67 bits per heavy atom. The Bertz CT molecular complexity index is 752. The summed E-state index contributed by atoms with van der Waals surface area (Å²) >= 11 is 1.68. The maximum atomic E-state index is 13.1. The van der Waals surface area contributed by atoms with Crippen LogP contribution < -0.4 is 5.32 Å². The van der Waals surface area contributed by atoms with Crippen LogP contribution >= 0.6 is 11.8 Å². The van der Waals surface area contributed by atoms with Crippen molar-refractivity contribution < 1.29 is 9.59 Å². The largest absolute Gasteiger partial charge is 0.354 e. The van der Waals surface area contributed by atoms with E-state index >= 15 is 0 Å². The predicted octanol–water partition coefficient (Wildman–Crippen LogP) is 4.94. The van der Waals surface area contributed by atoms with E-state index in [1.165, 1.54) is 5.56 Å². The number of hydrogen-bond donors (Lipinski definition) is 1. The SMILES string of the molecule is CCCCNC(=O)[C@@H](CC)N(CCc1ccccc1)C(=O)CCSc1ccccc1. The number of nitrogens with zero attached hydrogens (tertiary/aromatic N) is 1. The van der Waals surface area contributed by atoms with E-state index in [4.69, 9.17) is 0 Å². The van der Waals surface area contributed by atoms with Crippen molar-refractivity contribution >= 4 is 23.6 Å². The van der Waals surface area contributed by atoms with E-state index in [0.29, 0.717) is 31.7 Å². The van der Waals surface area contributed by atoms with Crippen LogP contribution in [0.5, 0.6) is 0 Å². The first-order valence-corrected chi connectivity index (χ1v) is 11.9. The van der Waals surface area contributed by atoms with E-state index in [1.54, 1.807) is 16.7 Å². The van der Waals surface area contributed by atoms with Crippen LogP contribution in [0, 0.1) is 0 Å². The Hall–Kier alpha value is -2.27. The van der Waals surface area contributed by atoms with Gasteiger partial charge in [-0.3, -0.25) is 9.59 Å². The second kappa shape index (κ2) is 13.9. The summed E-state index contributed by atoms with van der Waals surface area (Å²) in [6.07, 6.45) is 3.77. The standard InChI is InChI=1S/C25H34N2O2S/c1-3-5-18-26-25(29)23(4-2)27(19-16-21-12-8-6-9-13-21)24(28)17-20-30-22-14-10-7-11-15-22/h6-15,23H,3-5,16-20H2,1-2H3,(H,26,29)/t23-/m1/s1. The van der Waals surface area contributed by atoms with Gasteiger partial charge in [0.2, 0.25) is 11.8 Å². The smallest absolute Gasteiger partial charge is 0.242 e. The zero-order chi connectivity index (χ0) is 21.6. The normalized spacial score (nSPS) is 11.7. The Labute approximate surface area is 185 Å². The van der Waals surface area contributed by atoms with Crippen LogP contribution in [0.1, 0.15) is 45.1 Å². The lowest BCUT2D eigenvalue weighted by Crippen LogP contribution is -2.50. The molecule has 0 saturated heterocycles. The number of carbonyl (C=O) groups is 2. The molecule has 1 N–H and O–H groups in total. The second-order valence-electron chi connectivity index (χ2n) is 7.30. The Kier molecular flexibility index (Phi) is 11.1. The topological polar surface area (TPSA) is 49.4 Å². The van der Waals surface area contributed by atoms with E-state index in [2.05, 4.69) is 36.5 Å². The van der Waals surface area contributed by atoms with Crippen LogP contribution in [0.15, 0.2) is 65.6 Å². The highest BCUT2D eigenvalue weighted by Gasteiger charge is 2.27. The lowest BCUT2D eigenvalue weighted by atomic mass is 10.1. The molecule has 0 spiro atoms. The summed E-state index contributed by atoms with van der Waals surface area (Å²) in [5, 5.41) is 3.01. The molecule has 0 aliphatic rings. The maximum absolute atomic E-state index is 13.1. The summed E-state index contributed by atoms with van der Waals surface area (Å²) < 4.78 is 0. The van der Waals surface area contributed by atoms with Gasteiger partial charge in [0.1, 0.15) is 6.04 Å². The molecular formula is C25H34N2O2S. The fourth-order valence-electron chi connectivity index (χ4n) is 3.32. The van der Waals surface area contributed by atoms with Crippen LogP contribution in [0.2, 0.25) is 0 Å². The fraction of sp³-hybridized carbons (Fsp3) is 0.440. The first-order valence-electron chi connectivity index (χ1n) is 10.9. The van der Waals surface area contributed by atoms with Gasteiger partial charge in [-0.1, -0.05) is 68.8 Å². The van der Waals surface area contributed by atoms with Crippen LogP contribution in [-0.4, -0.2) is 41.6 Å². The molecule has 0 bridgehead atoms. The average molecular weight is 427 g/mol. The third-order valence-electron chi connectivity index (χ3n) is 5.03. The number of hydrogen-bond acceptors (Lipinski definition) is 3. The van der Waals surface area contributed by atoms with Crippen LogP contribution in [0.3, 0.4) is 0 Å². The van der Waals surface area contributed by atoms with Crippen LogP contribution in [0.25, 0.3) is 0 Å². The minimum absolute atomic E-state index is 0.0388. The van der Waals surface area contributed by atoms with Gasteiger partial charge in [-0.25, -0.2) is 0 Å². The zero-order valence-corrected chi connectivity index (χ0v) is 19.0. The van der Waals surface area contributed by atoms with Crippen LogP contribution in [-0.2, 0) is 16.0 Å². The zero-order valence-electron chi connectivity index (χ0n) is 18.2. The molecule has 2 rings (SSSR count). The summed E-state index contributed by atoms with van der Waals surface area (Å²) in [6, 6.07) is 19.8. The lowest BCUT2D eigenvalue weighted by Gasteiger charge is -2.30. The van der Waals surface area contributed by atoms with Gasteiger partial charge in [-0.15, -0.1) is 11.8 Å². The lowest BCUT2D eigenvalue weighted by molar-refractivity contribution is -0.140. The quantitative estimate of drug-likeness (QED) is 0.365. The molecule has 0 fully saturated rings. The Morgan fingerprint density at radius 3 is 2.30 bits per heavy atom. The number of rotatable bonds is 13. The number of thioether (sulfide) groups is 1. The summed E-state index contributed by atoms with van der Waals surface area (Å²) in [5.74, 6) is 0.716. The van der Waals surface area contributed by atoms with Crippen molar-refractivity contribution in [3.05, 3.63) is 66.2 Å². The maximum Gasteiger partial charge on any atom is 0.242 e. The van der Waals surface area contributed by atoms with Crippen LogP contribution in [0.4, 0.5) is 0 Å². The third kappa shape index (κ3) is 8.23. The summed E-state index contributed by atoms with van der Waals surface area (Å²) in [5.41, 5.74) is 1.18. The van der Waals surface area contributed by atoms with Crippen molar-refractivity contribution in [1.29, 1.82) is 0 Å². The van der Waals surface area contributed by atoms with Crippen molar-refractivity contribution in [2.45, 2.75) is 56.9 Å². The van der Waals surface area contributed by atoms with E-state index in [0.717, 1.165) is 24.2 Å². The minimum atomic E-state index is -0.417. The summed E-state index contributed by atoms with van der Waals surface area (Å²) in [6.45, 7) is 5.30. The summed E-state index contributed by atoms with van der Waals surface area (Å²) in [4.78, 5) is 28.9. The molecule has 0 saturated carbocycles. The molecule has 0 aliphatic carbocycles. The number of carbonyl (C=O) groups excluding carboxylic acids is 2. The molecule has 30 heavy (non-hydrogen) atoms. The van der Waals surface area contributed by atoms with Crippen molar-refractivity contribution in [1.82, 2.24) is 10.2 Å². The first-order chi connectivity index (χ1) is 14.7. The van der Waals surface area contributed by atoms with Gasteiger partial charge in [0.05, 0.1) is 0 Å². The van der Waals surface area contributed by atoms with Gasteiger partial charge >= 0.3 is 0 Å². The monoisotopic (exact) mass is 426 g/mol. The minimum Gasteiger partial charge on any atom is -0.354 e. The molecule has 0 heterocycles. The van der Waals surface area contributed by atoms with E-state index in [9.17, 15) is 9.59 Å². The average Bonchev–Trinajstić information content (AvgIpc) is 2.78. The number of nitrogens with one attached hydrogen (secondary N) is 1. The molecule has 0 radical (unpaired) electrons. The van der Waals surface area contributed by atoms with E-state index in [-0.39, 0.29) is 11.8 Å². The number of unbranched alkanes of at least 4 members (excludes halogenated alkanes) is 1. The predicted molar refractivity (Wildman–Crippen MR) is 126 cm³/mol. The molecule has 4 nitrogen and oxygen atoms in total. The van der Waals surface area contributed by atoms with Gasteiger partial charge in [-0.05, 0) is 37.0 Å². The molecule has 2 aromatic rings. The van der Waals surface area contributed by atoms with Gasteiger partial charge < -0.3 is 10.2 Å². The highest BCUT2D eigenvalue weighted by Crippen LogP contribution is 2.19. The third-order valence-corrected chi connectivity index (χ3v) is 6.04. The Balaban J connectivity index is 2.01. The van der Waals surface area contributed by atoms with Crippen molar-refractivity contribution in [2.24, 2.45) is 0 Å². The number of amides is 2. The van der Waals surface area contributed by atoms with Gasteiger partial charge in [0, 0.05) is 30.2 Å². The van der Waals surface area contributed by atoms with Gasteiger partial charge in [0.15, 0.2) is 0 Å². The highest BCUT2D eigenvalue weighted by atomic mass is 32.2. The van der Waals surface area contributed by atoms with Crippen molar-refractivity contribution in [2.75, 3.05) is 18.8 Å². The van der Waals surface area contributed by atoms with E-state index in [1.807, 2.05) is 43.3 Å². The van der Waals surface area contributed by atoms with Gasteiger partial charge in [-0.2, -0.15) is 0 Å². The van der Waals surface area contributed by atoms with Crippen molar-refractivity contribution in [3.63, 3.8) is 0 Å². The van der Waals surface area contributed by atoms with Crippen molar-refractivity contribution in [3.8, 4) is 0 Å². The molecule has 162 valence electrons. The molecule has 5 heteroatoms. The Morgan fingerprint density at radius 1 is 1.00 bits per heavy atom. The molecule has 0 aliphatic heterocycles. The van der Waals surface area contributed by atoms with E-state index < -0.39 is 6.04 Å². The molecular weight excluding hydrogens is 392 g/mol. The summed E-state index contributed by atoms with van der Waals surface area (Å²) in [7, 11) is 0. The molecule has 1 atom stereocenters. The highest BCUT2D eigenvalue weighted by molar-refractivity contribution is 7.99. The fourth-order valence-corrected chi connectivity index (χ4v) is 4.18.